The van der Waals surface area contributed by atoms with Crippen LogP contribution in [0.5, 0.6) is 0 Å². The number of aromatic nitrogens is 1. The number of aryl methyl sites for hydroxylation is 1. The number of amides is 1. The van der Waals surface area contributed by atoms with E-state index in [2.05, 4.69) is 26.2 Å². The minimum atomic E-state index is -0.107. The highest BCUT2D eigenvalue weighted by molar-refractivity contribution is 9.11. The molecular weight excluding hydrogens is 300 g/mol. The Balaban J connectivity index is 2.20. The SMILES string of the molecule is CCc1ccccc1C(=O)Nc1ncc(Br)s1. The van der Waals surface area contributed by atoms with Crippen LogP contribution in [0.4, 0.5) is 5.13 Å². The third kappa shape index (κ3) is 2.92. The van der Waals surface area contributed by atoms with Crippen molar-refractivity contribution in [3.05, 3.63) is 45.4 Å². The number of nitrogens with zero attached hydrogens (tertiary/aromatic N) is 1. The van der Waals surface area contributed by atoms with Crippen molar-refractivity contribution in [1.29, 1.82) is 0 Å². The predicted molar refractivity (Wildman–Crippen MR) is 73.6 cm³/mol. The molecule has 17 heavy (non-hydrogen) atoms. The number of nitrogens with one attached hydrogen (secondary N) is 1. The monoisotopic (exact) mass is 310 g/mol. The molecule has 0 aliphatic rings. The number of anilines is 1. The van der Waals surface area contributed by atoms with Gasteiger partial charge in [0, 0.05) is 5.56 Å². The van der Waals surface area contributed by atoms with Gasteiger partial charge in [0.05, 0.1) is 9.98 Å². The van der Waals surface area contributed by atoms with Gasteiger partial charge in [0.25, 0.3) is 5.91 Å². The van der Waals surface area contributed by atoms with Crippen molar-refractivity contribution in [1.82, 2.24) is 4.98 Å². The smallest absolute Gasteiger partial charge is 0.257 e. The first-order valence-electron chi connectivity index (χ1n) is 5.21. The molecule has 5 heteroatoms. The highest BCUT2D eigenvalue weighted by Gasteiger charge is 2.11. The highest BCUT2D eigenvalue weighted by Crippen LogP contribution is 2.23. The molecule has 1 N–H and O–H groups in total. The zero-order valence-corrected chi connectivity index (χ0v) is 11.6. The number of hydrogen-bond acceptors (Lipinski definition) is 3. The van der Waals surface area contributed by atoms with Crippen LogP contribution in [0, 0.1) is 0 Å². The molecule has 0 spiro atoms. The van der Waals surface area contributed by atoms with Crippen molar-refractivity contribution in [3.63, 3.8) is 0 Å². The molecule has 0 fully saturated rings. The van der Waals surface area contributed by atoms with Gasteiger partial charge >= 0.3 is 0 Å². The van der Waals surface area contributed by atoms with Gasteiger partial charge in [0.2, 0.25) is 0 Å². The van der Waals surface area contributed by atoms with E-state index < -0.39 is 0 Å². The lowest BCUT2D eigenvalue weighted by Crippen LogP contribution is -2.13. The van der Waals surface area contributed by atoms with Crippen molar-refractivity contribution in [2.24, 2.45) is 0 Å². The summed E-state index contributed by atoms with van der Waals surface area (Å²) in [7, 11) is 0. The summed E-state index contributed by atoms with van der Waals surface area (Å²) in [5.41, 5.74) is 1.75. The number of carbonyl (C=O) groups excluding carboxylic acids is 1. The van der Waals surface area contributed by atoms with Crippen LogP contribution in [-0.4, -0.2) is 10.9 Å². The van der Waals surface area contributed by atoms with E-state index in [1.54, 1.807) is 6.20 Å². The first kappa shape index (κ1) is 12.3. The molecule has 0 aliphatic carbocycles. The van der Waals surface area contributed by atoms with Crippen molar-refractivity contribution < 1.29 is 4.79 Å². The van der Waals surface area contributed by atoms with Crippen LogP contribution >= 0.6 is 27.3 Å². The molecule has 0 saturated carbocycles. The van der Waals surface area contributed by atoms with Crippen molar-refractivity contribution in [2.45, 2.75) is 13.3 Å². The third-order valence-corrected chi connectivity index (χ3v) is 3.73. The van der Waals surface area contributed by atoms with Gasteiger partial charge in [-0.1, -0.05) is 36.5 Å². The first-order chi connectivity index (χ1) is 8.20. The Morgan fingerprint density at radius 2 is 2.24 bits per heavy atom. The summed E-state index contributed by atoms with van der Waals surface area (Å²) in [6, 6.07) is 7.60. The normalized spacial score (nSPS) is 10.2. The number of benzene rings is 1. The average Bonchev–Trinajstić information content (AvgIpc) is 2.74. The van der Waals surface area contributed by atoms with Gasteiger partial charge in [-0.15, -0.1) is 0 Å². The van der Waals surface area contributed by atoms with E-state index >= 15 is 0 Å². The van der Waals surface area contributed by atoms with Crippen molar-refractivity contribution in [3.8, 4) is 0 Å². The molecule has 0 unspecified atom stereocenters. The van der Waals surface area contributed by atoms with Crippen LogP contribution in [0.15, 0.2) is 34.2 Å². The number of carbonyl (C=O) groups is 1. The summed E-state index contributed by atoms with van der Waals surface area (Å²) in [5, 5.41) is 3.40. The average molecular weight is 311 g/mol. The molecule has 3 nitrogen and oxygen atoms in total. The van der Waals surface area contributed by atoms with Crippen molar-refractivity contribution in [2.75, 3.05) is 5.32 Å². The number of halogens is 1. The standard InChI is InChI=1S/C12H11BrN2OS/c1-2-8-5-3-4-6-9(8)11(16)15-12-14-7-10(13)17-12/h3-7H,2H2,1H3,(H,14,15,16). The minimum absolute atomic E-state index is 0.107. The van der Waals surface area contributed by atoms with Crippen molar-refractivity contribution >= 4 is 38.3 Å². The third-order valence-electron chi connectivity index (χ3n) is 2.34. The molecule has 1 aromatic heterocycles. The summed E-state index contributed by atoms with van der Waals surface area (Å²) in [4.78, 5) is 16.1. The van der Waals surface area contributed by atoms with Gasteiger partial charge in [-0.3, -0.25) is 10.1 Å². The molecule has 0 saturated heterocycles. The van der Waals surface area contributed by atoms with Crippen LogP contribution in [0.1, 0.15) is 22.8 Å². The Bertz CT molecular complexity index is 539. The lowest BCUT2D eigenvalue weighted by molar-refractivity contribution is 0.102. The molecule has 0 aliphatic heterocycles. The van der Waals surface area contributed by atoms with Gasteiger partial charge in [-0.25, -0.2) is 4.98 Å². The van der Waals surface area contributed by atoms with Crippen LogP contribution < -0.4 is 5.32 Å². The molecule has 0 atom stereocenters. The zero-order chi connectivity index (χ0) is 12.3. The first-order valence-corrected chi connectivity index (χ1v) is 6.82. The van der Waals surface area contributed by atoms with E-state index in [1.807, 2.05) is 31.2 Å². The van der Waals surface area contributed by atoms with Crippen LogP contribution in [-0.2, 0) is 6.42 Å². The zero-order valence-electron chi connectivity index (χ0n) is 9.24. The molecule has 0 radical (unpaired) electrons. The van der Waals surface area contributed by atoms with Crippen LogP contribution in [0.25, 0.3) is 0 Å². The minimum Gasteiger partial charge on any atom is -0.298 e. The molecular formula is C12H11BrN2OS. The van der Waals surface area contributed by atoms with Gasteiger partial charge in [0.1, 0.15) is 0 Å². The van der Waals surface area contributed by atoms with E-state index in [1.165, 1.54) is 11.3 Å². The summed E-state index contributed by atoms with van der Waals surface area (Å²) in [5.74, 6) is -0.107. The fourth-order valence-electron chi connectivity index (χ4n) is 1.53. The fraction of sp³-hybridized carbons (Fsp3) is 0.167. The number of thiazole rings is 1. The Hall–Kier alpha value is -1.20. The Morgan fingerprint density at radius 1 is 1.47 bits per heavy atom. The predicted octanol–water partition coefficient (Wildman–Crippen LogP) is 3.72. The van der Waals surface area contributed by atoms with Crippen LogP contribution in [0.2, 0.25) is 0 Å². The van der Waals surface area contributed by atoms with Gasteiger partial charge in [0.15, 0.2) is 5.13 Å². The second-order valence-electron chi connectivity index (χ2n) is 3.43. The molecule has 2 rings (SSSR count). The summed E-state index contributed by atoms with van der Waals surface area (Å²) >= 11 is 4.71. The molecule has 1 heterocycles. The fourth-order valence-corrected chi connectivity index (χ4v) is 2.63. The maximum atomic E-state index is 12.0. The largest absolute Gasteiger partial charge is 0.298 e. The molecule has 1 amide bonds. The Labute approximate surface area is 112 Å². The Morgan fingerprint density at radius 3 is 2.88 bits per heavy atom. The molecule has 88 valence electrons. The second-order valence-corrected chi connectivity index (χ2v) is 5.84. The number of hydrogen-bond donors (Lipinski definition) is 1. The quantitative estimate of drug-likeness (QED) is 0.938. The summed E-state index contributed by atoms with van der Waals surface area (Å²) in [6.45, 7) is 2.03. The van der Waals surface area contributed by atoms with Crippen LogP contribution in [0.3, 0.4) is 0 Å². The van der Waals surface area contributed by atoms with Gasteiger partial charge < -0.3 is 0 Å². The van der Waals surface area contributed by atoms with Gasteiger partial charge in [-0.05, 0) is 34.0 Å². The molecule has 1 aromatic carbocycles. The van der Waals surface area contributed by atoms with E-state index in [0.29, 0.717) is 10.7 Å². The Kier molecular flexibility index (Phi) is 3.91. The van der Waals surface area contributed by atoms with E-state index in [0.717, 1.165) is 15.8 Å². The maximum Gasteiger partial charge on any atom is 0.257 e. The van der Waals surface area contributed by atoms with E-state index in [-0.39, 0.29) is 5.91 Å². The lowest BCUT2D eigenvalue weighted by Gasteiger charge is -2.06. The highest BCUT2D eigenvalue weighted by atomic mass is 79.9. The lowest BCUT2D eigenvalue weighted by atomic mass is 10.1. The summed E-state index contributed by atoms with van der Waals surface area (Å²) in [6.07, 6.45) is 2.51. The molecule has 0 bridgehead atoms. The molecule has 2 aromatic rings. The second kappa shape index (κ2) is 5.42. The van der Waals surface area contributed by atoms with E-state index in [4.69, 9.17) is 0 Å². The topological polar surface area (TPSA) is 42.0 Å². The van der Waals surface area contributed by atoms with Gasteiger partial charge in [-0.2, -0.15) is 0 Å². The van der Waals surface area contributed by atoms with E-state index in [9.17, 15) is 4.79 Å². The number of rotatable bonds is 3. The maximum absolute atomic E-state index is 12.0. The summed E-state index contributed by atoms with van der Waals surface area (Å²) < 4.78 is 0.900.